The summed E-state index contributed by atoms with van der Waals surface area (Å²) in [4.78, 5) is 14.2. The van der Waals surface area contributed by atoms with Crippen molar-refractivity contribution in [1.82, 2.24) is 9.62 Å². The average molecular weight is 354 g/mol. The number of hydrogen-bond acceptors (Lipinski definition) is 5. The molecule has 0 unspecified atom stereocenters. The number of nitrogens with one attached hydrogen (secondary N) is 1. The van der Waals surface area contributed by atoms with Crippen molar-refractivity contribution in [3.8, 4) is 11.5 Å². The van der Waals surface area contributed by atoms with Crippen molar-refractivity contribution >= 4 is 15.9 Å². The summed E-state index contributed by atoms with van der Waals surface area (Å²) in [5.41, 5.74) is 0. The predicted molar refractivity (Wildman–Crippen MR) is 87.6 cm³/mol. The Morgan fingerprint density at radius 3 is 2.50 bits per heavy atom. The van der Waals surface area contributed by atoms with Crippen LogP contribution in [0.25, 0.3) is 0 Å². The molecule has 1 N–H and O–H groups in total. The quantitative estimate of drug-likeness (QED) is 0.876. The molecule has 0 spiro atoms. The Hall–Kier alpha value is -1.80. The SMILES string of the molecule is C[C@H](NS(=O)(=O)c1ccc2c(c1)OCCO2)C(=O)N1CCCCC1. The maximum Gasteiger partial charge on any atom is 0.241 e. The second-order valence-corrected chi connectivity index (χ2v) is 7.75. The summed E-state index contributed by atoms with van der Waals surface area (Å²) in [7, 11) is -3.81. The molecule has 1 amide bonds. The summed E-state index contributed by atoms with van der Waals surface area (Å²) < 4.78 is 38.3. The van der Waals surface area contributed by atoms with Gasteiger partial charge in [-0.2, -0.15) is 4.72 Å². The third-order valence-corrected chi connectivity index (χ3v) is 5.73. The minimum absolute atomic E-state index is 0.0602. The van der Waals surface area contributed by atoms with E-state index in [2.05, 4.69) is 4.72 Å². The van der Waals surface area contributed by atoms with Gasteiger partial charge in [0.2, 0.25) is 15.9 Å². The first-order chi connectivity index (χ1) is 11.5. The average Bonchev–Trinajstić information content (AvgIpc) is 2.61. The van der Waals surface area contributed by atoms with E-state index >= 15 is 0 Å². The fourth-order valence-corrected chi connectivity index (χ4v) is 4.14. The first kappa shape index (κ1) is 17.0. The minimum Gasteiger partial charge on any atom is -0.486 e. The number of likely N-dealkylation sites (tertiary alicyclic amines) is 1. The molecule has 0 saturated carbocycles. The number of nitrogens with zero attached hydrogens (tertiary/aromatic N) is 1. The molecule has 1 saturated heterocycles. The zero-order valence-electron chi connectivity index (χ0n) is 13.7. The lowest BCUT2D eigenvalue weighted by Crippen LogP contribution is -2.48. The van der Waals surface area contributed by atoms with E-state index in [4.69, 9.17) is 9.47 Å². The van der Waals surface area contributed by atoms with Gasteiger partial charge in [0.15, 0.2) is 11.5 Å². The van der Waals surface area contributed by atoms with Gasteiger partial charge in [0, 0.05) is 19.2 Å². The lowest BCUT2D eigenvalue weighted by atomic mass is 10.1. The summed E-state index contributed by atoms with van der Waals surface area (Å²) >= 11 is 0. The van der Waals surface area contributed by atoms with Crippen LogP contribution in [0.2, 0.25) is 0 Å². The van der Waals surface area contributed by atoms with Gasteiger partial charge in [-0.1, -0.05) is 0 Å². The number of hydrogen-bond donors (Lipinski definition) is 1. The van der Waals surface area contributed by atoms with Crippen LogP contribution in [0.15, 0.2) is 23.1 Å². The Bertz CT molecular complexity index is 713. The van der Waals surface area contributed by atoms with E-state index in [1.54, 1.807) is 17.9 Å². The van der Waals surface area contributed by atoms with Crippen LogP contribution in [0.3, 0.4) is 0 Å². The van der Waals surface area contributed by atoms with Gasteiger partial charge in [-0.05, 0) is 38.3 Å². The van der Waals surface area contributed by atoms with Crippen LogP contribution in [-0.2, 0) is 14.8 Å². The maximum absolute atomic E-state index is 12.5. The van der Waals surface area contributed by atoms with Crippen LogP contribution in [0.1, 0.15) is 26.2 Å². The fourth-order valence-electron chi connectivity index (χ4n) is 2.93. The third kappa shape index (κ3) is 3.64. The molecule has 1 fully saturated rings. The van der Waals surface area contributed by atoms with Gasteiger partial charge in [-0.25, -0.2) is 8.42 Å². The molecule has 8 heteroatoms. The summed E-state index contributed by atoms with van der Waals surface area (Å²) in [6, 6.07) is 3.64. The Morgan fingerprint density at radius 2 is 1.79 bits per heavy atom. The van der Waals surface area contributed by atoms with Gasteiger partial charge in [0.05, 0.1) is 10.9 Å². The normalized spacial score (nSPS) is 19.0. The molecule has 3 rings (SSSR count). The molecular weight excluding hydrogens is 332 g/mol. The van der Waals surface area contributed by atoms with E-state index in [1.807, 2.05) is 0 Å². The van der Waals surface area contributed by atoms with Crippen LogP contribution in [-0.4, -0.2) is 51.6 Å². The number of ether oxygens (including phenoxy) is 2. The molecule has 0 bridgehead atoms. The summed E-state index contributed by atoms with van der Waals surface area (Å²) in [5, 5.41) is 0. The molecule has 24 heavy (non-hydrogen) atoms. The highest BCUT2D eigenvalue weighted by molar-refractivity contribution is 7.89. The standard InChI is InChI=1S/C16H22N2O5S/c1-12(16(19)18-7-3-2-4-8-18)17-24(20,21)13-5-6-14-15(11-13)23-10-9-22-14/h5-6,11-12,17H,2-4,7-10H2,1H3/t12-/m0/s1. The van der Waals surface area contributed by atoms with Crippen LogP contribution < -0.4 is 14.2 Å². The molecule has 2 aliphatic heterocycles. The van der Waals surface area contributed by atoms with Gasteiger partial charge in [-0.3, -0.25) is 4.79 Å². The summed E-state index contributed by atoms with van der Waals surface area (Å²) in [6.07, 6.45) is 3.04. The molecule has 0 aliphatic carbocycles. The van der Waals surface area contributed by atoms with Crippen molar-refractivity contribution in [2.45, 2.75) is 37.1 Å². The first-order valence-corrected chi connectivity index (χ1v) is 9.66. The van der Waals surface area contributed by atoms with Crippen LogP contribution in [0.4, 0.5) is 0 Å². The molecule has 1 atom stereocenters. The van der Waals surface area contributed by atoms with Gasteiger partial charge in [0.25, 0.3) is 0 Å². The van der Waals surface area contributed by atoms with E-state index in [0.29, 0.717) is 37.8 Å². The molecule has 2 heterocycles. The number of piperidine rings is 1. The Balaban J connectivity index is 1.72. The van der Waals surface area contributed by atoms with Crippen LogP contribution in [0, 0.1) is 0 Å². The van der Waals surface area contributed by atoms with Crippen LogP contribution >= 0.6 is 0 Å². The monoisotopic (exact) mass is 354 g/mol. The topological polar surface area (TPSA) is 84.9 Å². The van der Waals surface area contributed by atoms with Gasteiger partial charge in [0.1, 0.15) is 13.2 Å². The molecule has 2 aliphatic rings. The zero-order valence-corrected chi connectivity index (χ0v) is 14.5. The predicted octanol–water partition coefficient (Wildman–Crippen LogP) is 1.14. The first-order valence-electron chi connectivity index (χ1n) is 8.18. The highest BCUT2D eigenvalue weighted by Gasteiger charge is 2.27. The van der Waals surface area contributed by atoms with Crippen molar-refractivity contribution in [2.75, 3.05) is 26.3 Å². The Morgan fingerprint density at radius 1 is 1.12 bits per heavy atom. The molecule has 132 valence electrons. The number of sulfonamides is 1. The number of fused-ring (bicyclic) bond motifs is 1. The Kier molecular flexibility index (Phi) is 4.96. The zero-order chi connectivity index (χ0) is 17.2. The van der Waals surface area contributed by atoms with Crippen molar-refractivity contribution in [1.29, 1.82) is 0 Å². The second-order valence-electron chi connectivity index (χ2n) is 6.03. The number of carbonyl (C=O) groups is 1. The molecule has 0 aromatic heterocycles. The van der Waals surface area contributed by atoms with E-state index in [1.165, 1.54) is 12.1 Å². The molecule has 1 aromatic rings. The van der Waals surface area contributed by atoms with E-state index < -0.39 is 16.1 Å². The lowest BCUT2D eigenvalue weighted by Gasteiger charge is -2.29. The summed E-state index contributed by atoms with van der Waals surface area (Å²) in [5.74, 6) is 0.743. The van der Waals surface area contributed by atoms with Crippen molar-refractivity contribution in [3.05, 3.63) is 18.2 Å². The lowest BCUT2D eigenvalue weighted by molar-refractivity contribution is -0.133. The summed E-state index contributed by atoms with van der Waals surface area (Å²) in [6.45, 7) is 3.78. The van der Waals surface area contributed by atoms with Crippen molar-refractivity contribution < 1.29 is 22.7 Å². The largest absolute Gasteiger partial charge is 0.486 e. The second kappa shape index (κ2) is 6.98. The van der Waals surface area contributed by atoms with Gasteiger partial charge < -0.3 is 14.4 Å². The molecule has 7 nitrogen and oxygen atoms in total. The minimum atomic E-state index is -3.81. The number of amides is 1. The smallest absolute Gasteiger partial charge is 0.241 e. The molecular formula is C16H22N2O5S. The highest BCUT2D eigenvalue weighted by atomic mass is 32.2. The Labute approximate surface area is 142 Å². The van der Waals surface area contributed by atoms with Crippen molar-refractivity contribution in [2.24, 2.45) is 0 Å². The van der Waals surface area contributed by atoms with E-state index in [9.17, 15) is 13.2 Å². The molecule has 1 aromatic carbocycles. The van der Waals surface area contributed by atoms with Crippen molar-refractivity contribution in [3.63, 3.8) is 0 Å². The maximum atomic E-state index is 12.5. The van der Waals surface area contributed by atoms with Gasteiger partial charge in [-0.15, -0.1) is 0 Å². The van der Waals surface area contributed by atoms with E-state index in [-0.39, 0.29) is 10.8 Å². The van der Waals surface area contributed by atoms with Crippen LogP contribution in [0.5, 0.6) is 11.5 Å². The fraction of sp³-hybridized carbons (Fsp3) is 0.562. The highest BCUT2D eigenvalue weighted by Crippen LogP contribution is 2.32. The molecule has 0 radical (unpaired) electrons. The number of benzene rings is 1. The van der Waals surface area contributed by atoms with Gasteiger partial charge >= 0.3 is 0 Å². The van der Waals surface area contributed by atoms with E-state index in [0.717, 1.165) is 19.3 Å². The number of rotatable bonds is 4. The number of carbonyl (C=O) groups excluding carboxylic acids is 1. The third-order valence-electron chi connectivity index (χ3n) is 4.19.